The van der Waals surface area contributed by atoms with E-state index in [2.05, 4.69) is 17.5 Å². The number of nitrogens with zero attached hydrogens (tertiary/aromatic N) is 1. The molecular weight excluding hydrogens is 332 g/mol. The summed E-state index contributed by atoms with van der Waals surface area (Å²) in [6.45, 7) is -0.239. The molecule has 1 saturated heterocycles. The van der Waals surface area contributed by atoms with Crippen LogP contribution in [0.2, 0.25) is 0 Å². The molecule has 6 rings (SSSR count). The van der Waals surface area contributed by atoms with E-state index in [1.807, 2.05) is 0 Å². The number of hydrogen-bond acceptors (Lipinski definition) is 4. The summed E-state index contributed by atoms with van der Waals surface area (Å²) in [5.41, 5.74) is 0.527. The number of ether oxygens (including phenoxy) is 1. The first-order valence-electron chi connectivity index (χ1n) is 9.06. The van der Waals surface area contributed by atoms with Crippen LogP contribution in [0.4, 0.5) is 5.69 Å². The van der Waals surface area contributed by atoms with Crippen molar-refractivity contribution in [3.63, 3.8) is 0 Å². The Balaban J connectivity index is 1.33. The lowest BCUT2D eigenvalue weighted by molar-refractivity contribution is -0.142. The number of para-hydroxylation sites is 2. The maximum Gasteiger partial charge on any atom is 0.244 e. The molecule has 26 heavy (non-hydrogen) atoms. The van der Waals surface area contributed by atoms with E-state index >= 15 is 0 Å². The Kier molecular flexibility index (Phi) is 3.26. The van der Waals surface area contributed by atoms with Crippen LogP contribution >= 0.6 is 0 Å². The Morgan fingerprint density at radius 1 is 1.12 bits per heavy atom. The van der Waals surface area contributed by atoms with Crippen molar-refractivity contribution in [2.75, 3.05) is 19.0 Å². The average Bonchev–Trinajstić information content (AvgIpc) is 3.43. The molecule has 134 valence electrons. The van der Waals surface area contributed by atoms with Gasteiger partial charge in [-0.15, -0.1) is 0 Å². The van der Waals surface area contributed by atoms with Gasteiger partial charge in [-0.3, -0.25) is 19.3 Å². The number of hydrogen-bond donors (Lipinski definition) is 1. The van der Waals surface area contributed by atoms with E-state index in [1.54, 1.807) is 24.3 Å². The predicted molar refractivity (Wildman–Crippen MR) is 93.0 cm³/mol. The fourth-order valence-corrected chi connectivity index (χ4v) is 5.26. The van der Waals surface area contributed by atoms with Gasteiger partial charge >= 0.3 is 0 Å². The number of anilines is 1. The molecule has 4 aliphatic carbocycles. The number of carbonyl (C=O) groups excluding carboxylic acids is 3. The smallest absolute Gasteiger partial charge is 0.244 e. The van der Waals surface area contributed by atoms with Gasteiger partial charge in [-0.1, -0.05) is 24.3 Å². The number of allylic oxidation sites excluding steroid dienone is 2. The highest BCUT2D eigenvalue weighted by Gasteiger charge is 2.67. The van der Waals surface area contributed by atoms with Crippen molar-refractivity contribution in [3.05, 3.63) is 36.4 Å². The zero-order valence-corrected chi connectivity index (χ0v) is 14.4. The third-order valence-corrected chi connectivity index (χ3v) is 6.44. The third-order valence-electron chi connectivity index (χ3n) is 6.44. The normalized spacial score (nSPS) is 36.0. The molecule has 0 spiro atoms. The van der Waals surface area contributed by atoms with Crippen LogP contribution in [-0.2, 0) is 14.4 Å². The molecule has 0 radical (unpaired) electrons. The first-order chi connectivity index (χ1) is 12.6. The quantitative estimate of drug-likeness (QED) is 0.661. The summed E-state index contributed by atoms with van der Waals surface area (Å²) in [4.78, 5) is 39.4. The molecule has 1 heterocycles. The van der Waals surface area contributed by atoms with E-state index in [9.17, 15) is 14.4 Å². The first kappa shape index (κ1) is 15.6. The number of amides is 3. The monoisotopic (exact) mass is 352 g/mol. The summed E-state index contributed by atoms with van der Waals surface area (Å²) in [7, 11) is 1.53. The number of carbonyl (C=O) groups is 3. The molecule has 6 nitrogen and oxygen atoms in total. The Bertz CT molecular complexity index is 812. The van der Waals surface area contributed by atoms with E-state index in [0.29, 0.717) is 23.3 Å². The number of imide groups is 1. The number of methoxy groups -OCH3 is 1. The van der Waals surface area contributed by atoms with Gasteiger partial charge in [0.15, 0.2) is 0 Å². The van der Waals surface area contributed by atoms with Crippen LogP contribution in [0.5, 0.6) is 5.75 Å². The zero-order chi connectivity index (χ0) is 18.0. The Labute approximate surface area is 151 Å². The van der Waals surface area contributed by atoms with Gasteiger partial charge < -0.3 is 10.1 Å². The highest BCUT2D eigenvalue weighted by molar-refractivity contribution is 6.09. The second-order valence-electron chi connectivity index (χ2n) is 7.67. The van der Waals surface area contributed by atoms with Crippen molar-refractivity contribution in [2.45, 2.75) is 6.42 Å². The molecular formula is C20H20N2O4. The zero-order valence-electron chi connectivity index (χ0n) is 14.4. The fourth-order valence-electron chi connectivity index (χ4n) is 5.26. The minimum Gasteiger partial charge on any atom is -0.495 e. The van der Waals surface area contributed by atoms with E-state index in [-0.39, 0.29) is 47.9 Å². The summed E-state index contributed by atoms with van der Waals surface area (Å²) in [5, 5.41) is 2.74. The first-order valence-corrected chi connectivity index (χ1v) is 9.06. The van der Waals surface area contributed by atoms with Crippen molar-refractivity contribution in [3.8, 4) is 5.75 Å². The van der Waals surface area contributed by atoms with Gasteiger partial charge in [0.1, 0.15) is 12.3 Å². The molecule has 1 N–H and O–H groups in total. The summed E-state index contributed by atoms with van der Waals surface area (Å²) in [6, 6.07) is 7.06. The molecule has 6 atom stereocenters. The topological polar surface area (TPSA) is 75.7 Å². The lowest BCUT2D eigenvalue weighted by atomic mass is 9.63. The largest absolute Gasteiger partial charge is 0.495 e. The highest BCUT2D eigenvalue weighted by atomic mass is 16.5. The van der Waals surface area contributed by atoms with Crippen LogP contribution in [0, 0.1) is 35.5 Å². The van der Waals surface area contributed by atoms with Crippen LogP contribution in [0.15, 0.2) is 36.4 Å². The van der Waals surface area contributed by atoms with Crippen LogP contribution in [0.25, 0.3) is 0 Å². The van der Waals surface area contributed by atoms with E-state index in [0.717, 1.165) is 11.3 Å². The second-order valence-corrected chi connectivity index (χ2v) is 7.67. The summed E-state index contributed by atoms with van der Waals surface area (Å²) in [6.07, 6.45) is 5.39. The summed E-state index contributed by atoms with van der Waals surface area (Å²) >= 11 is 0. The van der Waals surface area contributed by atoms with Gasteiger partial charge in [-0.25, -0.2) is 0 Å². The molecule has 3 amide bonds. The van der Waals surface area contributed by atoms with E-state index < -0.39 is 0 Å². The van der Waals surface area contributed by atoms with Gasteiger partial charge in [0.25, 0.3) is 0 Å². The molecule has 0 aromatic heterocycles. The molecule has 6 heteroatoms. The van der Waals surface area contributed by atoms with Gasteiger partial charge in [0.05, 0.1) is 24.6 Å². The predicted octanol–water partition coefficient (Wildman–Crippen LogP) is 1.69. The van der Waals surface area contributed by atoms with Crippen LogP contribution < -0.4 is 10.1 Å². The molecule has 1 aromatic rings. The Morgan fingerprint density at radius 2 is 1.73 bits per heavy atom. The standard InChI is InChI=1S/C20H20N2O4/c1-26-15-5-3-2-4-14(15)21-16(23)9-22-19(24)17-10-6-7-11(13-8-12(10)13)18(17)20(22)25/h2-7,10-13,17-18H,8-9H2,1H3,(H,21,23)/t10-,11-,12-,13+,17-,18+/m0/s1. The van der Waals surface area contributed by atoms with Crippen LogP contribution in [0.1, 0.15) is 6.42 Å². The molecule has 2 saturated carbocycles. The van der Waals surface area contributed by atoms with Gasteiger partial charge in [-0.2, -0.15) is 0 Å². The number of rotatable bonds is 4. The summed E-state index contributed by atoms with van der Waals surface area (Å²) in [5.74, 6) is 0.731. The maximum absolute atomic E-state index is 12.9. The van der Waals surface area contributed by atoms with Gasteiger partial charge in [0.2, 0.25) is 17.7 Å². The summed E-state index contributed by atoms with van der Waals surface area (Å²) < 4.78 is 5.22. The molecule has 5 aliphatic rings. The van der Waals surface area contributed by atoms with Crippen LogP contribution in [-0.4, -0.2) is 36.3 Å². The molecule has 0 unspecified atom stereocenters. The van der Waals surface area contributed by atoms with Gasteiger partial charge in [0, 0.05) is 0 Å². The fraction of sp³-hybridized carbons (Fsp3) is 0.450. The molecule has 3 fully saturated rings. The third kappa shape index (κ3) is 2.08. The minimum atomic E-state index is -0.389. The minimum absolute atomic E-state index is 0.175. The molecule has 2 bridgehead atoms. The number of likely N-dealkylation sites (tertiary alicyclic amines) is 1. The number of benzene rings is 1. The van der Waals surface area contributed by atoms with Crippen LogP contribution in [0.3, 0.4) is 0 Å². The lowest BCUT2D eigenvalue weighted by Gasteiger charge is -2.37. The molecule has 1 aromatic carbocycles. The van der Waals surface area contributed by atoms with Crippen molar-refractivity contribution in [1.82, 2.24) is 4.90 Å². The van der Waals surface area contributed by atoms with Crippen molar-refractivity contribution >= 4 is 23.4 Å². The Hall–Kier alpha value is -2.63. The average molecular weight is 352 g/mol. The maximum atomic E-state index is 12.9. The SMILES string of the molecule is COc1ccccc1NC(=O)CN1C(=O)[C@@H]2[C@H]3C=C[C@@H]([C@@H]4C[C@H]34)[C@@H]2C1=O. The molecule has 1 aliphatic heterocycles. The van der Waals surface area contributed by atoms with Crippen molar-refractivity contribution in [1.29, 1.82) is 0 Å². The van der Waals surface area contributed by atoms with Crippen molar-refractivity contribution < 1.29 is 19.1 Å². The van der Waals surface area contributed by atoms with E-state index in [1.165, 1.54) is 7.11 Å². The lowest BCUT2D eigenvalue weighted by Crippen LogP contribution is -2.40. The van der Waals surface area contributed by atoms with E-state index in [4.69, 9.17) is 4.74 Å². The highest BCUT2D eigenvalue weighted by Crippen LogP contribution is 2.65. The van der Waals surface area contributed by atoms with Crippen molar-refractivity contribution in [2.24, 2.45) is 35.5 Å². The van der Waals surface area contributed by atoms with Gasteiger partial charge in [-0.05, 0) is 42.2 Å². The number of nitrogens with one attached hydrogen (secondary N) is 1. The second kappa shape index (κ2) is 5.43. The Morgan fingerprint density at radius 3 is 2.35 bits per heavy atom.